The number of hydrogen-bond donors (Lipinski definition) is 4. The van der Waals surface area contributed by atoms with Crippen LogP contribution in [0, 0.1) is 0 Å². The Morgan fingerprint density at radius 3 is 1.65 bits per heavy atom. The highest BCUT2D eigenvalue weighted by molar-refractivity contribution is 6.04. The van der Waals surface area contributed by atoms with Crippen molar-refractivity contribution in [3.05, 3.63) is 54.1 Å². The minimum absolute atomic E-state index is 0.174. The summed E-state index contributed by atoms with van der Waals surface area (Å²) in [6.45, 7) is 1.41. The minimum atomic E-state index is -0.652. The third-order valence-corrected chi connectivity index (χ3v) is 2.88. The summed E-state index contributed by atoms with van der Waals surface area (Å²) in [5, 5.41) is 7.79. The molecular formula is C16H16N4O3. The van der Waals surface area contributed by atoms with Gasteiger partial charge in [-0.2, -0.15) is 0 Å². The zero-order valence-corrected chi connectivity index (χ0v) is 12.4. The third-order valence-electron chi connectivity index (χ3n) is 2.88. The second-order valence-corrected chi connectivity index (χ2v) is 4.78. The fraction of sp³-hybridized carbons (Fsp3) is 0.0625. The lowest BCUT2D eigenvalue weighted by Gasteiger charge is -2.08. The zero-order chi connectivity index (χ0) is 16.8. The van der Waals surface area contributed by atoms with Crippen molar-refractivity contribution in [2.24, 2.45) is 5.73 Å². The molecule has 2 aromatic carbocycles. The summed E-state index contributed by atoms with van der Waals surface area (Å²) in [7, 11) is 0. The first kappa shape index (κ1) is 16.0. The summed E-state index contributed by atoms with van der Waals surface area (Å²) in [4.78, 5) is 33.8. The van der Waals surface area contributed by atoms with E-state index in [1.807, 2.05) is 0 Å². The molecule has 0 aromatic heterocycles. The van der Waals surface area contributed by atoms with Gasteiger partial charge in [0.15, 0.2) is 0 Å². The quantitative estimate of drug-likeness (QED) is 0.695. The lowest BCUT2D eigenvalue weighted by Crippen LogP contribution is -2.19. The Morgan fingerprint density at radius 2 is 1.17 bits per heavy atom. The lowest BCUT2D eigenvalue weighted by molar-refractivity contribution is -0.114. The van der Waals surface area contributed by atoms with Crippen LogP contribution < -0.4 is 21.7 Å². The molecule has 23 heavy (non-hydrogen) atoms. The van der Waals surface area contributed by atoms with Gasteiger partial charge in [-0.3, -0.25) is 9.59 Å². The van der Waals surface area contributed by atoms with Crippen LogP contribution in [-0.2, 0) is 4.79 Å². The fourth-order valence-corrected chi connectivity index (χ4v) is 1.89. The van der Waals surface area contributed by atoms with Gasteiger partial charge >= 0.3 is 6.03 Å². The van der Waals surface area contributed by atoms with Gasteiger partial charge in [-0.25, -0.2) is 4.79 Å². The lowest BCUT2D eigenvalue weighted by atomic mass is 10.2. The Bertz CT molecular complexity index is 724. The molecule has 4 amide bonds. The smallest absolute Gasteiger partial charge is 0.316 e. The van der Waals surface area contributed by atoms with Crippen LogP contribution in [0.25, 0.3) is 0 Å². The Hall–Kier alpha value is -3.35. The molecule has 0 unspecified atom stereocenters. The van der Waals surface area contributed by atoms with Crippen molar-refractivity contribution in [1.29, 1.82) is 0 Å². The fourth-order valence-electron chi connectivity index (χ4n) is 1.89. The Balaban J connectivity index is 2.01. The summed E-state index contributed by atoms with van der Waals surface area (Å²) in [6.07, 6.45) is 0. The van der Waals surface area contributed by atoms with E-state index in [-0.39, 0.29) is 11.8 Å². The number of nitrogens with two attached hydrogens (primary N) is 1. The number of benzene rings is 2. The van der Waals surface area contributed by atoms with Crippen molar-refractivity contribution in [1.82, 2.24) is 0 Å². The van der Waals surface area contributed by atoms with Gasteiger partial charge in [0.1, 0.15) is 0 Å². The second-order valence-electron chi connectivity index (χ2n) is 4.78. The monoisotopic (exact) mass is 312 g/mol. The van der Waals surface area contributed by atoms with Crippen molar-refractivity contribution in [2.45, 2.75) is 6.92 Å². The number of rotatable bonds is 4. The molecule has 0 spiro atoms. The average molecular weight is 312 g/mol. The highest BCUT2D eigenvalue weighted by Gasteiger charge is 2.06. The Kier molecular flexibility index (Phi) is 4.93. The van der Waals surface area contributed by atoms with Crippen molar-refractivity contribution in [2.75, 3.05) is 16.0 Å². The van der Waals surface area contributed by atoms with Gasteiger partial charge in [-0.05, 0) is 48.5 Å². The van der Waals surface area contributed by atoms with Gasteiger partial charge in [-0.1, -0.05) is 0 Å². The van der Waals surface area contributed by atoms with Crippen molar-refractivity contribution >= 4 is 34.9 Å². The summed E-state index contributed by atoms with van der Waals surface area (Å²) in [5.74, 6) is -0.457. The summed E-state index contributed by atoms with van der Waals surface area (Å²) in [5.41, 5.74) is 7.21. The maximum atomic E-state index is 12.1. The molecule has 7 nitrogen and oxygen atoms in total. The first-order valence-electron chi connectivity index (χ1n) is 6.79. The van der Waals surface area contributed by atoms with Crippen LogP contribution in [0.5, 0.6) is 0 Å². The van der Waals surface area contributed by atoms with Gasteiger partial charge < -0.3 is 21.7 Å². The van der Waals surface area contributed by atoms with E-state index in [4.69, 9.17) is 5.73 Å². The molecule has 0 radical (unpaired) electrons. The Labute approximate surface area is 132 Å². The molecule has 0 bridgehead atoms. The standard InChI is InChI=1S/C16H16N4O3/c1-10(21)18-12-4-2-11(3-5-12)15(22)19-13-6-8-14(9-7-13)20-16(17)23/h2-9H,1H3,(H,18,21)(H,19,22)(H3,17,20,23). The molecule has 118 valence electrons. The number of urea groups is 1. The van der Waals surface area contributed by atoms with Crippen LogP contribution in [0.1, 0.15) is 17.3 Å². The second kappa shape index (κ2) is 7.08. The van der Waals surface area contributed by atoms with E-state index in [1.54, 1.807) is 48.5 Å². The maximum absolute atomic E-state index is 12.1. The van der Waals surface area contributed by atoms with Crippen LogP contribution in [0.3, 0.4) is 0 Å². The van der Waals surface area contributed by atoms with Crippen LogP contribution in [-0.4, -0.2) is 17.8 Å². The molecule has 0 aliphatic heterocycles. The SMILES string of the molecule is CC(=O)Nc1ccc(C(=O)Nc2ccc(NC(N)=O)cc2)cc1. The van der Waals surface area contributed by atoms with E-state index < -0.39 is 6.03 Å². The summed E-state index contributed by atoms with van der Waals surface area (Å²) in [6, 6.07) is 12.4. The molecule has 0 atom stereocenters. The number of primary amides is 1. The number of nitrogens with one attached hydrogen (secondary N) is 3. The van der Waals surface area contributed by atoms with E-state index in [9.17, 15) is 14.4 Å². The number of amides is 4. The molecular weight excluding hydrogens is 296 g/mol. The zero-order valence-electron chi connectivity index (χ0n) is 12.4. The number of hydrogen-bond acceptors (Lipinski definition) is 3. The maximum Gasteiger partial charge on any atom is 0.316 e. The number of carbonyl (C=O) groups excluding carboxylic acids is 3. The van der Waals surface area contributed by atoms with E-state index in [0.29, 0.717) is 22.6 Å². The predicted octanol–water partition coefficient (Wildman–Crippen LogP) is 2.39. The molecule has 7 heteroatoms. The first-order valence-corrected chi connectivity index (χ1v) is 6.79. The first-order chi connectivity index (χ1) is 10.9. The van der Waals surface area contributed by atoms with E-state index in [1.165, 1.54) is 6.92 Å². The van der Waals surface area contributed by atoms with Gasteiger partial charge in [0.2, 0.25) is 5.91 Å². The molecule has 0 fully saturated rings. The van der Waals surface area contributed by atoms with Crippen LogP contribution >= 0.6 is 0 Å². The van der Waals surface area contributed by atoms with Crippen molar-refractivity contribution < 1.29 is 14.4 Å². The summed E-state index contributed by atoms with van der Waals surface area (Å²) >= 11 is 0. The molecule has 0 heterocycles. The molecule has 0 saturated carbocycles. The highest BCUT2D eigenvalue weighted by Crippen LogP contribution is 2.15. The van der Waals surface area contributed by atoms with E-state index >= 15 is 0 Å². The van der Waals surface area contributed by atoms with Gasteiger partial charge in [-0.15, -0.1) is 0 Å². The molecule has 5 N–H and O–H groups in total. The largest absolute Gasteiger partial charge is 0.351 e. The van der Waals surface area contributed by atoms with Crippen molar-refractivity contribution in [3.8, 4) is 0 Å². The average Bonchev–Trinajstić information content (AvgIpc) is 2.49. The predicted molar refractivity (Wildman–Crippen MR) is 88.3 cm³/mol. The molecule has 0 aliphatic rings. The number of carbonyl (C=O) groups is 3. The molecule has 2 rings (SSSR count). The van der Waals surface area contributed by atoms with E-state index in [2.05, 4.69) is 16.0 Å². The molecule has 0 aliphatic carbocycles. The van der Waals surface area contributed by atoms with Crippen LogP contribution in [0.4, 0.5) is 21.9 Å². The van der Waals surface area contributed by atoms with Gasteiger partial charge in [0.05, 0.1) is 0 Å². The van der Waals surface area contributed by atoms with Crippen molar-refractivity contribution in [3.63, 3.8) is 0 Å². The van der Waals surface area contributed by atoms with Crippen LogP contribution in [0.2, 0.25) is 0 Å². The van der Waals surface area contributed by atoms with Gasteiger partial charge in [0.25, 0.3) is 5.91 Å². The summed E-state index contributed by atoms with van der Waals surface area (Å²) < 4.78 is 0. The Morgan fingerprint density at radius 1 is 0.739 bits per heavy atom. The van der Waals surface area contributed by atoms with Crippen LogP contribution in [0.15, 0.2) is 48.5 Å². The number of anilines is 3. The minimum Gasteiger partial charge on any atom is -0.351 e. The van der Waals surface area contributed by atoms with E-state index in [0.717, 1.165) is 0 Å². The topological polar surface area (TPSA) is 113 Å². The normalized spacial score (nSPS) is 9.78. The molecule has 2 aromatic rings. The molecule has 0 saturated heterocycles. The van der Waals surface area contributed by atoms with Gasteiger partial charge in [0, 0.05) is 29.5 Å². The highest BCUT2D eigenvalue weighted by atomic mass is 16.2. The third kappa shape index (κ3) is 4.85.